The Hall–Kier alpha value is -1.06. The fourth-order valence-electron chi connectivity index (χ4n) is 1.37. The topological polar surface area (TPSA) is 55.5 Å². The van der Waals surface area contributed by atoms with E-state index in [-0.39, 0.29) is 12.6 Å². The van der Waals surface area contributed by atoms with Gasteiger partial charge in [-0.3, -0.25) is 0 Å². The van der Waals surface area contributed by atoms with E-state index in [1.807, 2.05) is 32.0 Å². The predicted molar refractivity (Wildman–Crippen MR) is 65.6 cm³/mol. The molecule has 0 spiro atoms. The van der Waals surface area contributed by atoms with Crippen LogP contribution in [0, 0.1) is 6.92 Å². The molecule has 0 fully saturated rings. The van der Waals surface area contributed by atoms with Crippen LogP contribution in [-0.2, 0) is 0 Å². The minimum absolute atomic E-state index is 0.0297. The Kier molecular flexibility index (Phi) is 3.94. The number of hydrogen-bond acceptors (Lipinski definition) is 3. The van der Waals surface area contributed by atoms with Gasteiger partial charge in [0.1, 0.15) is 12.4 Å². The second kappa shape index (κ2) is 4.85. The Morgan fingerprint density at radius 2 is 2.06 bits per heavy atom. The van der Waals surface area contributed by atoms with Gasteiger partial charge in [-0.05, 0) is 44.9 Å². The van der Waals surface area contributed by atoms with E-state index in [1.54, 1.807) is 13.8 Å². The van der Waals surface area contributed by atoms with Gasteiger partial charge < -0.3 is 15.6 Å². The van der Waals surface area contributed by atoms with Crippen molar-refractivity contribution in [2.45, 2.75) is 39.3 Å². The van der Waals surface area contributed by atoms with Crippen LogP contribution in [0.15, 0.2) is 18.2 Å². The first-order chi connectivity index (χ1) is 7.29. The molecule has 1 rings (SSSR count). The largest absolute Gasteiger partial charge is 0.490 e. The van der Waals surface area contributed by atoms with Crippen molar-refractivity contribution < 1.29 is 9.84 Å². The zero-order chi connectivity index (χ0) is 12.3. The molecule has 0 bridgehead atoms. The highest BCUT2D eigenvalue weighted by Gasteiger charge is 2.14. The van der Waals surface area contributed by atoms with Crippen molar-refractivity contribution in [1.82, 2.24) is 0 Å². The van der Waals surface area contributed by atoms with Gasteiger partial charge in [0, 0.05) is 6.04 Å². The van der Waals surface area contributed by atoms with Crippen LogP contribution in [0.1, 0.15) is 37.9 Å². The highest BCUT2D eigenvalue weighted by Crippen LogP contribution is 2.22. The lowest BCUT2D eigenvalue weighted by atomic mass is 10.1. The Labute approximate surface area is 97.2 Å². The summed E-state index contributed by atoms with van der Waals surface area (Å²) in [6.07, 6.45) is 0. The number of aryl methyl sites for hydroxylation is 1. The highest BCUT2D eigenvalue weighted by molar-refractivity contribution is 5.37. The zero-order valence-corrected chi connectivity index (χ0v) is 10.4. The molecular formula is C13H21NO2. The van der Waals surface area contributed by atoms with Crippen LogP contribution in [0.5, 0.6) is 5.75 Å². The van der Waals surface area contributed by atoms with Gasteiger partial charge in [-0.15, -0.1) is 0 Å². The average Bonchev–Trinajstić information content (AvgIpc) is 2.14. The van der Waals surface area contributed by atoms with E-state index in [1.165, 1.54) is 0 Å². The van der Waals surface area contributed by atoms with Gasteiger partial charge in [0.2, 0.25) is 0 Å². The van der Waals surface area contributed by atoms with E-state index in [0.29, 0.717) is 0 Å². The van der Waals surface area contributed by atoms with Crippen molar-refractivity contribution in [2.75, 3.05) is 6.61 Å². The molecule has 1 aromatic rings. The van der Waals surface area contributed by atoms with Gasteiger partial charge in [-0.2, -0.15) is 0 Å². The van der Waals surface area contributed by atoms with Crippen LogP contribution in [0.4, 0.5) is 0 Å². The first-order valence-corrected chi connectivity index (χ1v) is 5.51. The molecule has 0 unspecified atom stereocenters. The molecule has 3 nitrogen and oxygen atoms in total. The van der Waals surface area contributed by atoms with Crippen molar-refractivity contribution in [1.29, 1.82) is 0 Å². The maximum Gasteiger partial charge on any atom is 0.122 e. The lowest BCUT2D eigenvalue weighted by Gasteiger charge is -2.19. The molecule has 0 amide bonds. The van der Waals surface area contributed by atoms with Crippen LogP contribution in [0.25, 0.3) is 0 Å². The maximum atomic E-state index is 9.57. The monoisotopic (exact) mass is 223 g/mol. The van der Waals surface area contributed by atoms with Gasteiger partial charge in [-0.1, -0.05) is 12.1 Å². The molecule has 0 aliphatic carbocycles. The minimum atomic E-state index is -0.813. The molecular weight excluding hydrogens is 202 g/mol. The van der Waals surface area contributed by atoms with Gasteiger partial charge in [-0.25, -0.2) is 0 Å². The van der Waals surface area contributed by atoms with Gasteiger partial charge in [0.25, 0.3) is 0 Å². The first-order valence-electron chi connectivity index (χ1n) is 5.51. The molecule has 0 aromatic heterocycles. The van der Waals surface area contributed by atoms with Crippen LogP contribution in [-0.4, -0.2) is 17.3 Å². The van der Waals surface area contributed by atoms with Gasteiger partial charge >= 0.3 is 0 Å². The third kappa shape index (κ3) is 3.83. The van der Waals surface area contributed by atoms with E-state index in [0.717, 1.165) is 16.9 Å². The van der Waals surface area contributed by atoms with Crippen molar-refractivity contribution in [2.24, 2.45) is 5.73 Å². The van der Waals surface area contributed by atoms with Crippen LogP contribution in [0.2, 0.25) is 0 Å². The smallest absolute Gasteiger partial charge is 0.122 e. The molecule has 0 saturated heterocycles. The van der Waals surface area contributed by atoms with E-state index in [9.17, 15) is 5.11 Å². The lowest BCUT2D eigenvalue weighted by Crippen LogP contribution is -2.28. The summed E-state index contributed by atoms with van der Waals surface area (Å²) in [5.41, 5.74) is 7.11. The average molecular weight is 223 g/mol. The molecule has 1 aromatic carbocycles. The highest BCUT2D eigenvalue weighted by atomic mass is 16.5. The summed E-state index contributed by atoms with van der Waals surface area (Å²) in [7, 11) is 0. The number of benzene rings is 1. The van der Waals surface area contributed by atoms with E-state index in [4.69, 9.17) is 10.5 Å². The third-order valence-electron chi connectivity index (χ3n) is 2.31. The van der Waals surface area contributed by atoms with E-state index in [2.05, 4.69) is 0 Å². The number of aliphatic hydroxyl groups is 1. The number of hydrogen-bond donors (Lipinski definition) is 2. The Balaban J connectivity index is 2.76. The Bertz CT molecular complexity index is 353. The second-order valence-electron chi connectivity index (χ2n) is 4.91. The van der Waals surface area contributed by atoms with Gasteiger partial charge in [0.15, 0.2) is 0 Å². The standard InChI is InChI=1S/C13H21NO2/c1-9-7-11(10(2)14)5-6-12(9)16-8-13(3,4)15/h5-7,10,15H,8,14H2,1-4H3/t10-/m1/s1. The summed E-state index contributed by atoms with van der Waals surface area (Å²) in [5, 5.41) is 9.57. The van der Waals surface area contributed by atoms with Crippen LogP contribution in [0.3, 0.4) is 0 Å². The normalized spacial score (nSPS) is 13.6. The quantitative estimate of drug-likeness (QED) is 0.822. The predicted octanol–water partition coefficient (Wildman–Crippen LogP) is 2.16. The summed E-state index contributed by atoms with van der Waals surface area (Å²) < 4.78 is 5.55. The van der Waals surface area contributed by atoms with E-state index < -0.39 is 5.60 Å². The molecule has 0 aliphatic heterocycles. The third-order valence-corrected chi connectivity index (χ3v) is 2.31. The summed E-state index contributed by atoms with van der Waals surface area (Å²) >= 11 is 0. The van der Waals surface area contributed by atoms with Crippen molar-refractivity contribution >= 4 is 0 Å². The van der Waals surface area contributed by atoms with Crippen molar-refractivity contribution in [3.05, 3.63) is 29.3 Å². The Morgan fingerprint density at radius 1 is 1.44 bits per heavy atom. The molecule has 1 atom stereocenters. The van der Waals surface area contributed by atoms with Crippen molar-refractivity contribution in [3.8, 4) is 5.75 Å². The number of nitrogens with two attached hydrogens (primary N) is 1. The molecule has 3 heteroatoms. The van der Waals surface area contributed by atoms with Crippen LogP contribution < -0.4 is 10.5 Å². The summed E-state index contributed by atoms with van der Waals surface area (Å²) in [4.78, 5) is 0. The summed E-state index contributed by atoms with van der Waals surface area (Å²) in [6.45, 7) is 7.65. The summed E-state index contributed by atoms with van der Waals surface area (Å²) in [6, 6.07) is 5.91. The molecule has 90 valence electrons. The first kappa shape index (κ1) is 13.0. The molecule has 16 heavy (non-hydrogen) atoms. The summed E-state index contributed by atoms with van der Waals surface area (Å²) in [5.74, 6) is 0.798. The Morgan fingerprint density at radius 3 is 2.50 bits per heavy atom. The fraction of sp³-hybridized carbons (Fsp3) is 0.538. The molecule has 3 N–H and O–H groups in total. The number of ether oxygens (including phenoxy) is 1. The lowest BCUT2D eigenvalue weighted by molar-refractivity contribution is 0.0282. The fourth-order valence-corrected chi connectivity index (χ4v) is 1.37. The molecule has 0 aliphatic rings. The van der Waals surface area contributed by atoms with Crippen molar-refractivity contribution in [3.63, 3.8) is 0 Å². The second-order valence-corrected chi connectivity index (χ2v) is 4.91. The molecule has 0 saturated carbocycles. The zero-order valence-electron chi connectivity index (χ0n) is 10.4. The van der Waals surface area contributed by atoms with E-state index >= 15 is 0 Å². The SMILES string of the molecule is Cc1cc([C@@H](C)N)ccc1OCC(C)(C)O. The molecule has 0 radical (unpaired) electrons. The van der Waals surface area contributed by atoms with Gasteiger partial charge in [0.05, 0.1) is 5.60 Å². The maximum absolute atomic E-state index is 9.57. The molecule has 0 heterocycles. The number of rotatable bonds is 4. The minimum Gasteiger partial charge on any atom is -0.490 e. The van der Waals surface area contributed by atoms with Crippen LogP contribution >= 0.6 is 0 Å².